The number of hydrogen-bond acceptors (Lipinski definition) is 4. The summed E-state index contributed by atoms with van der Waals surface area (Å²) in [4.78, 5) is 24.2. The lowest BCUT2D eigenvalue weighted by Crippen LogP contribution is -2.42. The molecular formula is C19H17NO5. The molecule has 0 fully saturated rings. The molecule has 0 spiro atoms. The van der Waals surface area contributed by atoms with Gasteiger partial charge in [0.25, 0.3) is 5.91 Å². The van der Waals surface area contributed by atoms with E-state index in [1.54, 1.807) is 24.3 Å². The van der Waals surface area contributed by atoms with E-state index in [-0.39, 0.29) is 0 Å². The van der Waals surface area contributed by atoms with Crippen LogP contribution >= 0.6 is 0 Å². The van der Waals surface area contributed by atoms with E-state index >= 15 is 0 Å². The quantitative estimate of drug-likeness (QED) is 0.888. The Morgan fingerprint density at radius 2 is 1.96 bits per heavy atom. The molecule has 0 saturated carbocycles. The summed E-state index contributed by atoms with van der Waals surface area (Å²) in [5, 5.41) is 12.2. The van der Waals surface area contributed by atoms with Crippen LogP contribution in [0, 0.1) is 0 Å². The van der Waals surface area contributed by atoms with E-state index in [0.717, 1.165) is 23.3 Å². The highest BCUT2D eigenvalue weighted by Gasteiger charge is 2.32. The van der Waals surface area contributed by atoms with Crippen molar-refractivity contribution in [2.75, 3.05) is 6.61 Å². The van der Waals surface area contributed by atoms with Crippen LogP contribution in [0.4, 0.5) is 0 Å². The maximum Gasteiger partial charge on any atom is 0.330 e. The summed E-state index contributed by atoms with van der Waals surface area (Å²) >= 11 is 0. The number of aliphatic carboxylic acids is 1. The van der Waals surface area contributed by atoms with E-state index in [0.29, 0.717) is 24.3 Å². The molecule has 1 amide bonds. The maximum absolute atomic E-state index is 12.5. The van der Waals surface area contributed by atoms with Gasteiger partial charge in [0.15, 0.2) is 12.1 Å². The number of fused-ring (bicyclic) bond motifs is 2. The molecule has 6 nitrogen and oxygen atoms in total. The second-order valence-corrected chi connectivity index (χ2v) is 6.16. The van der Waals surface area contributed by atoms with Crippen molar-refractivity contribution in [2.24, 2.45) is 0 Å². The van der Waals surface area contributed by atoms with Gasteiger partial charge in [-0.15, -0.1) is 0 Å². The van der Waals surface area contributed by atoms with Crippen LogP contribution in [-0.4, -0.2) is 29.7 Å². The smallest absolute Gasteiger partial charge is 0.330 e. The van der Waals surface area contributed by atoms with Gasteiger partial charge < -0.3 is 19.9 Å². The van der Waals surface area contributed by atoms with Gasteiger partial charge in [0.1, 0.15) is 11.5 Å². The second-order valence-electron chi connectivity index (χ2n) is 6.16. The molecule has 2 aliphatic heterocycles. The number of ether oxygens (including phenoxy) is 2. The number of carbonyl (C=O) groups is 2. The zero-order valence-corrected chi connectivity index (χ0v) is 13.4. The van der Waals surface area contributed by atoms with Crippen molar-refractivity contribution in [3.8, 4) is 11.5 Å². The lowest BCUT2D eigenvalue weighted by molar-refractivity contribution is -0.143. The first-order chi connectivity index (χ1) is 12.1. The molecule has 0 aromatic heterocycles. The molecule has 0 radical (unpaired) electrons. The Kier molecular flexibility index (Phi) is 3.80. The van der Waals surface area contributed by atoms with E-state index in [4.69, 9.17) is 9.47 Å². The Morgan fingerprint density at radius 3 is 2.76 bits per heavy atom. The van der Waals surface area contributed by atoms with Gasteiger partial charge in [0.05, 0.1) is 6.61 Å². The van der Waals surface area contributed by atoms with E-state index < -0.39 is 24.0 Å². The molecule has 2 aliphatic rings. The number of carboxylic acids is 1. The summed E-state index contributed by atoms with van der Waals surface area (Å²) in [6, 6.07) is 11.5. The predicted molar refractivity (Wildman–Crippen MR) is 88.7 cm³/mol. The minimum Gasteiger partial charge on any atom is -0.493 e. The van der Waals surface area contributed by atoms with E-state index in [9.17, 15) is 14.7 Å². The van der Waals surface area contributed by atoms with Crippen LogP contribution < -0.4 is 14.8 Å². The molecule has 2 N–H and O–H groups in total. The number of carboxylic acid groups (broad SMARTS) is 1. The van der Waals surface area contributed by atoms with Crippen LogP contribution in [0.5, 0.6) is 11.5 Å². The van der Waals surface area contributed by atoms with Gasteiger partial charge in [-0.05, 0) is 34.9 Å². The molecule has 25 heavy (non-hydrogen) atoms. The molecule has 4 rings (SSSR count). The first kappa shape index (κ1) is 15.5. The van der Waals surface area contributed by atoms with Gasteiger partial charge in [-0.2, -0.15) is 0 Å². The van der Waals surface area contributed by atoms with Gasteiger partial charge in [0, 0.05) is 12.8 Å². The number of nitrogens with one attached hydrogen (secondary N) is 1. The van der Waals surface area contributed by atoms with Crippen LogP contribution in [0.25, 0.3) is 0 Å². The lowest BCUT2D eigenvalue weighted by atomic mass is 10.0. The fourth-order valence-electron chi connectivity index (χ4n) is 3.24. The first-order valence-electron chi connectivity index (χ1n) is 8.15. The molecule has 0 saturated heterocycles. The van der Waals surface area contributed by atoms with Crippen LogP contribution in [0.15, 0.2) is 42.5 Å². The van der Waals surface area contributed by atoms with Crippen LogP contribution in [0.2, 0.25) is 0 Å². The van der Waals surface area contributed by atoms with Gasteiger partial charge >= 0.3 is 5.97 Å². The number of amides is 1. The van der Waals surface area contributed by atoms with Crippen LogP contribution in [-0.2, 0) is 22.4 Å². The number of benzene rings is 2. The number of hydrogen-bond donors (Lipinski definition) is 2. The minimum absolute atomic E-state index is 0.430. The van der Waals surface area contributed by atoms with Crippen molar-refractivity contribution in [3.63, 3.8) is 0 Å². The summed E-state index contributed by atoms with van der Waals surface area (Å²) < 4.78 is 11.1. The average Bonchev–Trinajstić information content (AvgIpc) is 3.24. The van der Waals surface area contributed by atoms with E-state index in [2.05, 4.69) is 5.32 Å². The summed E-state index contributed by atoms with van der Waals surface area (Å²) in [5.74, 6) is -0.0962. The molecule has 6 heteroatoms. The van der Waals surface area contributed by atoms with Crippen molar-refractivity contribution < 1.29 is 24.2 Å². The molecule has 2 atom stereocenters. The molecule has 2 unspecified atom stereocenters. The Morgan fingerprint density at radius 1 is 1.12 bits per heavy atom. The van der Waals surface area contributed by atoms with E-state index in [1.807, 2.05) is 18.2 Å². The van der Waals surface area contributed by atoms with Gasteiger partial charge in [-0.1, -0.05) is 24.3 Å². The highest BCUT2D eigenvalue weighted by atomic mass is 16.5. The Bertz CT molecular complexity index is 822. The van der Waals surface area contributed by atoms with Crippen molar-refractivity contribution in [1.29, 1.82) is 0 Å². The summed E-state index contributed by atoms with van der Waals surface area (Å²) in [7, 11) is 0. The third kappa shape index (κ3) is 2.91. The van der Waals surface area contributed by atoms with Crippen LogP contribution in [0.3, 0.4) is 0 Å². The maximum atomic E-state index is 12.5. The third-order valence-electron chi connectivity index (χ3n) is 4.52. The first-order valence-corrected chi connectivity index (χ1v) is 8.15. The standard InChI is InChI=1S/C19H17NO5/c21-18(16-10-11-3-1-2-4-15(11)25-16)20-17(19(22)23)13-5-6-14-12(9-13)7-8-24-14/h1-6,9,16-17H,7-8,10H2,(H,20,21)(H,22,23). The lowest BCUT2D eigenvalue weighted by Gasteiger charge is -2.18. The zero-order valence-electron chi connectivity index (χ0n) is 13.4. The largest absolute Gasteiger partial charge is 0.493 e. The number of carbonyl (C=O) groups excluding carboxylic acids is 1. The Hall–Kier alpha value is -3.02. The highest BCUT2D eigenvalue weighted by molar-refractivity contribution is 5.88. The zero-order chi connectivity index (χ0) is 17.4. The van der Waals surface area contributed by atoms with Gasteiger partial charge in [0.2, 0.25) is 0 Å². The molecule has 2 aromatic rings. The van der Waals surface area contributed by atoms with Crippen LogP contribution in [0.1, 0.15) is 22.7 Å². The molecule has 2 aromatic carbocycles. The number of rotatable bonds is 4. The topological polar surface area (TPSA) is 84.9 Å². The predicted octanol–water partition coefficient (Wildman–Crippen LogP) is 1.87. The Balaban J connectivity index is 1.51. The normalized spacial score (nSPS) is 18.5. The molecular weight excluding hydrogens is 322 g/mol. The van der Waals surface area contributed by atoms with Crippen molar-refractivity contribution in [2.45, 2.75) is 25.0 Å². The monoisotopic (exact) mass is 339 g/mol. The number of para-hydroxylation sites is 1. The Labute approximate surface area is 144 Å². The third-order valence-corrected chi connectivity index (χ3v) is 4.52. The second kappa shape index (κ2) is 6.12. The molecule has 2 heterocycles. The van der Waals surface area contributed by atoms with Crippen molar-refractivity contribution in [3.05, 3.63) is 59.2 Å². The average molecular weight is 339 g/mol. The van der Waals surface area contributed by atoms with Gasteiger partial charge in [-0.3, -0.25) is 4.79 Å². The highest BCUT2D eigenvalue weighted by Crippen LogP contribution is 2.30. The van der Waals surface area contributed by atoms with Gasteiger partial charge in [-0.25, -0.2) is 4.79 Å². The summed E-state index contributed by atoms with van der Waals surface area (Å²) in [6.07, 6.45) is 0.466. The summed E-state index contributed by atoms with van der Waals surface area (Å²) in [6.45, 7) is 0.594. The molecule has 0 aliphatic carbocycles. The minimum atomic E-state index is -1.12. The molecule has 0 bridgehead atoms. The van der Waals surface area contributed by atoms with Crippen molar-refractivity contribution >= 4 is 11.9 Å². The fourth-order valence-corrected chi connectivity index (χ4v) is 3.24. The van der Waals surface area contributed by atoms with Crippen molar-refractivity contribution in [1.82, 2.24) is 5.32 Å². The molecule has 128 valence electrons. The SMILES string of the molecule is O=C(NC(C(=O)O)c1ccc2c(c1)CCO2)C1Cc2ccccc2O1. The fraction of sp³-hybridized carbons (Fsp3) is 0.263. The summed E-state index contributed by atoms with van der Waals surface area (Å²) in [5.41, 5.74) is 2.44. The van der Waals surface area contributed by atoms with E-state index in [1.165, 1.54) is 0 Å².